The first-order valence-electron chi connectivity index (χ1n) is 6.52. The van der Waals surface area contributed by atoms with Crippen LogP contribution in [0.15, 0.2) is 36.7 Å². The lowest BCUT2D eigenvalue weighted by Gasteiger charge is -2.20. The molecule has 3 rings (SSSR count). The Morgan fingerprint density at radius 3 is 2.57 bits per heavy atom. The molecule has 0 unspecified atom stereocenters. The smallest absolute Gasteiger partial charge is 0.292 e. The maximum atomic E-state index is 13.3. The van der Waals surface area contributed by atoms with Crippen molar-refractivity contribution in [3.05, 3.63) is 53.9 Å². The fourth-order valence-electron chi connectivity index (χ4n) is 2.39. The number of anilines is 2. The zero-order chi connectivity index (χ0) is 15.0. The average Bonchev–Trinajstić information content (AvgIpc) is 2.84. The third-order valence-electron chi connectivity index (χ3n) is 3.53. The van der Waals surface area contributed by atoms with Crippen molar-refractivity contribution in [1.82, 2.24) is 4.98 Å². The molecular formula is C15H13F2N3O. The van der Waals surface area contributed by atoms with Crippen molar-refractivity contribution in [2.75, 3.05) is 22.9 Å². The number of rotatable bonds is 2. The van der Waals surface area contributed by atoms with Crippen molar-refractivity contribution in [3.8, 4) is 0 Å². The van der Waals surface area contributed by atoms with Gasteiger partial charge in [-0.15, -0.1) is 0 Å². The third-order valence-corrected chi connectivity index (χ3v) is 3.53. The molecule has 0 atom stereocenters. The molecule has 1 saturated heterocycles. The molecule has 1 aromatic heterocycles. The molecule has 1 aromatic carbocycles. The van der Waals surface area contributed by atoms with Gasteiger partial charge in [-0.2, -0.15) is 0 Å². The van der Waals surface area contributed by atoms with Gasteiger partial charge in [-0.1, -0.05) is 0 Å². The highest BCUT2D eigenvalue weighted by molar-refractivity contribution is 6.06. The average molecular weight is 289 g/mol. The Bertz CT molecular complexity index is 705. The van der Waals surface area contributed by atoms with Crippen LogP contribution in [0.2, 0.25) is 0 Å². The van der Waals surface area contributed by atoms with E-state index in [-0.39, 0.29) is 6.03 Å². The molecular weight excluding hydrogens is 276 g/mol. The first-order valence-corrected chi connectivity index (χ1v) is 6.52. The number of hydrogen-bond acceptors (Lipinski definition) is 2. The van der Waals surface area contributed by atoms with Gasteiger partial charge in [-0.05, 0) is 30.7 Å². The quantitative estimate of drug-likeness (QED) is 0.851. The van der Waals surface area contributed by atoms with Crippen LogP contribution >= 0.6 is 0 Å². The summed E-state index contributed by atoms with van der Waals surface area (Å²) in [6.45, 7) is 2.78. The number of halogens is 2. The van der Waals surface area contributed by atoms with Gasteiger partial charge in [0.2, 0.25) is 0 Å². The number of hydrogen-bond donors (Lipinski definition) is 0. The lowest BCUT2D eigenvalue weighted by molar-refractivity contribution is 0.256. The van der Waals surface area contributed by atoms with Gasteiger partial charge in [0.05, 0.1) is 11.9 Å². The summed E-state index contributed by atoms with van der Waals surface area (Å²) in [4.78, 5) is 19.5. The van der Waals surface area contributed by atoms with Gasteiger partial charge < -0.3 is 0 Å². The maximum Gasteiger partial charge on any atom is 0.329 e. The third kappa shape index (κ3) is 2.33. The highest BCUT2D eigenvalue weighted by Crippen LogP contribution is 2.27. The molecule has 21 heavy (non-hydrogen) atoms. The van der Waals surface area contributed by atoms with E-state index in [1.165, 1.54) is 11.0 Å². The predicted octanol–water partition coefficient (Wildman–Crippen LogP) is 3.11. The Morgan fingerprint density at radius 1 is 1.10 bits per heavy atom. The number of nitrogens with zero attached hydrogens (tertiary/aromatic N) is 3. The van der Waals surface area contributed by atoms with Gasteiger partial charge in [0, 0.05) is 31.0 Å². The lowest BCUT2D eigenvalue weighted by Crippen LogP contribution is -2.32. The molecule has 6 heteroatoms. The second-order valence-corrected chi connectivity index (χ2v) is 4.85. The Morgan fingerprint density at radius 2 is 1.86 bits per heavy atom. The molecule has 4 nitrogen and oxygen atoms in total. The van der Waals surface area contributed by atoms with Gasteiger partial charge >= 0.3 is 6.03 Å². The van der Waals surface area contributed by atoms with Crippen molar-refractivity contribution in [2.24, 2.45) is 0 Å². The minimum Gasteiger partial charge on any atom is -0.292 e. The van der Waals surface area contributed by atoms with Crippen LogP contribution in [0.25, 0.3) is 0 Å². The second-order valence-electron chi connectivity index (χ2n) is 4.85. The van der Waals surface area contributed by atoms with Crippen LogP contribution < -0.4 is 9.80 Å². The summed E-state index contributed by atoms with van der Waals surface area (Å²) < 4.78 is 26.3. The number of benzene rings is 1. The van der Waals surface area contributed by atoms with E-state index in [0.29, 0.717) is 18.8 Å². The Balaban J connectivity index is 1.90. The van der Waals surface area contributed by atoms with Crippen molar-refractivity contribution < 1.29 is 13.6 Å². The van der Waals surface area contributed by atoms with Crippen LogP contribution in [-0.4, -0.2) is 24.1 Å². The number of pyridine rings is 1. The molecule has 0 bridgehead atoms. The maximum absolute atomic E-state index is 13.3. The van der Waals surface area contributed by atoms with Crippen LogP contribution in [0, 0.1) is 18.6 Å². The monoisotopic (exact) mass is 289 g/mol. The molecule has 108 valence electrons. The number of carbonyl (C=O) groups excluding carboxylic acids is 1. The van der Waals surface area contributed by atoms with Gasteiger partial charge in [-0.3, -0.25) is 14.8 Å². The number of urea groups is 1. The molecule has 2 amide bonds. The molecule has 1 aliphatic rings. The molecule has 2 aromatic rings. The van der Waals surface area contributed by atoms with Crippen molar-refractivity contribution in [2.45, 2.75) is 6.92 Å². The zero-order valence-corrected chi connectivity index (χ0v) is 11.4. The van der Waals surface area contributed by atoms with Crippen molar-refractivity contribution in [3.63, 3.8) is 0 Å². The normalized spacial score (nSPS) is 14.9. The van der Waals surface area contributed by atoms with Crippen LogP contribution in [0.5, 0.6) is 0 Å². The van der Waals surface area contributed by atoms with Crippen molar-refractivity contribution in [1.29, 1.82) is 0 Å². The van der Waals surface area contributed by atoms with E-state index >= 15 is 0 Å². The minimum atomic E-state index is -0.962. The Hall–Kier alpha value is -2.50. The predicted molar refractivity (Wildman–Crippen MR) is 75.4 cm³/mol. The number of aromatic nitrogens is 1. The molecule has 0 aliphatic carbocycles. The highest BCUT2D eigenvalue weighted by Gasteiger charge is 2.31. The molecule has 0 saturated carbocycles. The van der Waals surface area contributed by atoms with Gasteiger partial charge in [0.1, 0.15) is 0 Å². The SMILES string of the molecule is Cc1ccncc1N1CCN(c2ccc(F)c(F)c2)C1=O. The topological polar surface area (TPSA) is 36.4 Å². The van der Waals surface area contributed by atoms with E-state index in [1.807, 2.05) is 13.0 Å². The largest absolute Gasteiger partial charge is 0.329 e. The Labute approximate surface area is 120 Å². The Kier molecular flexibility index (Phi) is 3.29. The first kappa shape index (κ1) is 13.5. The van der Waals surface area contributed by atoms with E-state index in [0.717, 1.165) is 23.4 Å². The van der Waals surface area contributed by atoms with E-state index in [1.54, 1.807) is 17.3 Å². The summed E-state index contributed by atoms with van der Waals surface area (Å²) in [6.07, 6.45) is 3.29. The molecule has 0 spiro atoms. The van der Waals surface area contributed by atoms with E-state index in [2.05, 4.69) is 4.98 Å². The van der Waals surface area contributed by atoms with Crippen LogP contribution in [0.3, 0.4) is 0 Å². The van der Waals surface area contributed by atoms with Crippen molar-refractivity contribution >= 4 is 17.4 Å². The standard InChI is InChI=1S/C15H13F2N3O/c1-10-4-5-18-9-14(10)20-7-6-19(15(20)21)11-2-3-12(16)13(17)8-11/h2-5,8-9H,6-7H2,1H3. The second kappa shape index (κ2) is 5.12. The number of aryl methyl sites for hydroxylation is 1. The number of carbonyl (C=O) groups is 1. The highest BCUT2D eigenvalue weighted by atomic mass is 19.2. The van der Waals surface area contributed by atoms with Crippen LogP contribution in [0.1, 0.15) is 5.56 Å². The fraction of sp³-hybridized carbons (Fsp3) is 0.200. The molecule has 2 heterocycles. The van der Waals surface area contributed by atoms with E-state index in [4.69, 9.17) is 0 Å². The minimum absolute atomic E-state index is 0.267. The summed E-state index contributed by atoms with van der Waals surface area (Å²) in [7, 11) is 0. The summed E-state index contributed by atoms with van der Waals surface area (Å²) in [5, 5.41) is 0. The summed E-state index contributed by atoms with van der Waals surface area (Å²) in [6, 6.07) is 5.01. The fourth-order valence-corrected chi connectivity index (χ4v) is 2.39. The summed E-state index contributed by atoms with van der Waals surface area (Å²) in [5.41, 5.74) is 2.01. The van der Waals surface area contributed by atoms with Crippen LogP contribution in [-0.2, 0) is 0 Å². The van der Waals surface area contributed by atoms with Gasteiger partial charge in [-0.25, -0.2) is 13.6 Å². The lowest BCUT2D eigenvalue weighted by atomic mass is 10.2. The summed E-state index contributed by atoms with van der Waals surface area (Å²) >= 11 is 0. The van der Waals surface area contributed by atoms with Gasteiger partial charge in [0.15, 0.2) is 11.6 Å². The van der Waals surface area contributed by atoms with E-state index in [9.17, 15) is 13.6 Å². The van der Waals surface area contributed by atoms with E-state index < -0.39 is 11.6 Å². The molecule has 0 radical (unpaired) electrons. The number of amides is 2. The zero-order valence-electron chi connectivity index (χ0n) is 11.4. The molecule has 0 N–H and O–H groups in total. The molecule has 1 aliphatic heterocycles. The molecule has 1 fully saturated rings. The van der Waals surface area contributed by atoms with Crippen LogP contribution in [0.4, 0.5) is 25.0 Å². The summed E-state index contributed by atoms with van der Waals surface area (Å²) in [5.74, 6) is -1.89. The first-order chi connectivity index (χ1) is 10.1. The van der Waals surface area contributed by atoms with Gasteiger partial charge in [0.25, 0.3) is 0 Å².